The van der Waals surface area contributed by atoms with Gasteiger partial charge in [0.05, 0.1) is 10.6 Å². The van der Waals surface area contributed by atoms with Crippen LogP contribution in [0, 0.1) is 5.92 Å². The Labute approximate surface area is 115 Å². The van der Waals surface area contributed by atoms with E-state index < -0.39 is 0 Å². The number of halogens is 1. The fraction of sp³-hybridized carbons (Fsp3) is 0.636. The summed E-state index contributed by atoms with van der Waals surface area (Å²) in [5.41, 5.74) is 2.45. The molecule has 0 bridgehead atoms. The second kappa shape index (κ2) is 5.81. The van der Waals surface area contributed by atoms with Crippen molar-refractivity contribution in [3.05, 3.63) is 10.7 Å². The number of anilines is 2. The first-order valence-corrected chi connectivity index (χ1v) is 6.83. The molecule has 7 heteroatoms. The van der Waals surface area contributed by atoms with Gasteiger partial charge in [0.25, 0.3) is 0 Å². The molecule has 6 nitrogen and oxygen atoms in total. The highest BCUT2D eigenvalue weighted by Gasteiger charge is 2.24. The first-order chi connectivity index (χ1) is 8.61. The van der Waals surface area contributed by atoms with Gasteiger partial charge in [0.2, 0.25) is 5.95 Å². The van der Waals surface area contributed by atoms with Crippen LogP contribution in [-0.2, 0) is 0 Å². The van der Waals surface area contributed by atoms with Crippen LogP contribution in [0.25, 0.3) is 0 Å². The van der Waals surface area contributed by atoms with Gasteiger partial charge in [-0.3, -0.25) is 5.43 Å². The van der Waals surface area contributed by atoms with Crippen molar-refractivity contribution >= 4 is 27.7 Å². The molecule has 0 radical (unpaired) electrons. The molecular formula is C11H18BrN5O. The lowest BCUT2D eigenvalue weighted by Gasteiger charge is -2.34. The van der Waals surface area contributed by atoms with E-state index in [1.165, 1.54) is 0 Å². The summed E-state index contributed by atoms with van der Waals surface area (Å²) < 4.78 is 0.858. The Morgan fingerprint density at radius 2 is 2.22 bits per heavy atom. The van der Waals surface area contributed by atoms with E-state index in [-0.39, 0.29) is 6.10 Å². The predicted octanol–water partition coefficient (Wildman–Crippen LogP) is 1.12. The average molecular weight is 316 g/mol. The summed E-state index contributed by atoms with van der Waals surface area (Å²) in [4.78, 5) is 10.6. The number of nitrogens with two attached hydrogens (primary N) is 1. The maximum atomic E-state index is 9.59. The molecule has 1 aliphatic heterocycles. The number of aromatic nitrogens is 2. The van der Waals surface area contributed by atoms with E-state index in [2.05, 4.69) is 36.2 Å². The van der Waals surface area contributed by atoms with Gasteiger partial charge < -0.3 is 10.0 Å². The number of nitrogens with one attached hydrogen (secondary N) is 1. The van der Waals surface area contributed by atoms with Crippen LogP contribution in [0.15, 0.2) is 10.7 Å². The Morgan fingerprint density at radius 1 is 1.56 bits per heavy atom. The second-order valence-electron chi connectivity index (χ2n) is 4.57. The third kappa shape index (κ3) is 2.90. The van der Waals surface area contributed by atoms with E-state index in [9.17, 15) is 5.11 Å². The molecule has 1 aromatic rings. The van der Waals surface area contributed by atoms with Crippen LogP contribution in [-0.4, -0.2) is 34.3 Å². The minimum absolute atomic E-state index is 0.234. The first kappa shape index (κ1) is 13.5. The SMILES string of the molecule is CC(O)C1CCN(c2nc(NN)ncc2Br)CC1. The molecule has 1 aromatic heterocycles. The van der Waals surface area contributed by atoms with Crippen LogP contribution >= 0.6 is 15.9 Å². The number of aliphatic hydroxyl groups excluding tert-OH is 1. The summed E-state index contributed by atoms with van der Waals surface area (Å²) >= 11 is 3.45. The summed E-state index contributed by atoms with van der Waals surface area (Å²) in [6, 6.07) is 0. The number of hydrogen-bond acceptors (Lipinski definition) is 6. The van der Waals surface area contributed by atoms with Gasteiger partial charge in [-0.2, -0.15) is 4.98 Å². The first-order valence-electron chi connectivity index (χ1n) is 6.04. The summed E-state index contributed by atoms with van der Waals surface area (Å²) in [5.74, 6) is 6.96. The van der Waals surface area contributed by atoms with Crippen LogP contribution in [0.5, 0.6) is 0 Å². The van der Waals surface area contributed by atoms with Crippen molar-refractivity contribution in [1.29, 1.82) is 0 Å². The molecule has 1 aliphatic rings. The van der Waals surface area contributed by atoms with E-state index in [0.29, 0.717) is 11.9 Å². The molecule has 0 amide bonds. The molecule has 1 saturated heterocycles. The molecule has 2 heterocycles. The predicted molar refractivity (Wildman–Crippen MR) is 74.2 cm³/mol. The minimum Gasteiger partial charge on any atom is -0.393 e. The molecule has 1 unspecified atom stereocenters. The van der Waals surface area contributed by atoms with Gasteiger partial charge in [-0.1, -0.05) is 0 Å². The van der Waals surface area contributed by atoms with Gasteiger partial charge in [0, 0.05) is 19.3 Å². The number of rotatable bonds is 3. The molecule has 4 N–H and O–H groups in total. The quantitative estimate of drug-likeness (QED) is 0.572. The molecular weight excluding hydrogens is 298 g/mol. The molecule has 1 atom stereocenters. The van der Waals surface area contributed by atoms with Gasteiger partial charge in [0.15, 0.2) is 0 Å². The van der Waals surface area contributed by atoms with Crippen molar-refractivity contribution < 1.29 is 5.11 Å². The third-order valence-corrected chi connectivity index (χ3v) is 3.94. The van der Waals surface area contributed by atoms with E-state index in [1.807, 2.05) is 6.92 Å². The van der Waals surface area contributed by atoms with Gasteiger partial charge in [-0.15, -0.1) is 0 Å². The van der Waals surface area contributed by atoms with Gasteiger partial charge in [-0.05, 0) is 41.6 Å². The summed E-state index contributed by atoms with van der Waals surface area (Å²) in [7, 11) is 0. The molecule has 0 aliphatic carbocycles. The third-order valence-electron chi connectivity index (χ3n) is 3.38. The van der Waals surface area contributed by atoms with Crippen LogP contribution in [0.2, 0.25) is 0 Å². The molecule has 100 valence electrons. The number of aliphatic hydroxyl groups is 1. The van der Waals surface area contributed by atoms with Crippen LogP contribution in [0.4, 0.5) is 11.8 Å². The maximum Gasteiger partial charge on any atom is 0.239 e. The van der Waals surface area contributed by atoms with E-state index in [1.54, 1.807) is 6.20 Å². The topological polar surface area (TPSA) is 87.3 Å². The Morgan fingerprint density at radius 3 is 2.78 bits per heavy atom. The Balaban J connectivity index is 2.09. The van der Waals surface area contributed by atoms with Crippen molar-refractivity contribution in [2.75, 3.05) is 23.4 Å². The highest BCUT2D eigenvalue weighted by Crippen LogP contribution is 2.29. The van der Waals surface area contributed by atoms with E-state index in [4.69, 9.17) is 5.84 Å². The number of nitrogen functional groups attached to an aromatic ring is 1. The fourth-order valence-electron chi connectivity index (χ4n) is 2.24. The van der Waals surface area contributed by atoms with Gasteiger partial charge in [0.1, 0.15) is 5.82 Å². The van der Waals surface area contributed by atoms with Crippen molar-refractivity contribution in [2.24, 2.45) is 11.8 Å². The zero-order valence-corrected chi connectivity index (χ0v) is 11.9. The zero-order chi connectivity index (χ0) is 13.1. The largest absolute Gasteiger partial charge is 0.393 e. The molecule has 0 aromatic carbocycles. The van der Waals surface area contributed by atoms with Gasteiger partial charge in [-0.25, -0.2) is 10.8 Å². The van der Waals surface area contributed by atoms with Crippen molar-refractivity contribution in [3.8, 4) is 0 Å². The van der Waals surface area contributed by atoms with Crippen molar-refractivity contribution in [2.45, 2.75) is 25.9 Å². The monoisotopic (exact) mass is 315 g/mol. The van der Waals surface area contributed by atoms with Gasteiger partial charge >= 0.3 is 0 Å². The lowest BCUT2D eigenvalue weighted by molar-refractivity contribution is 0.109. The summed E-state index contributed by atoms with van der Waals surface area (Å²) in [5, 5.41) is 9.59. The Kier molecular flexibility index (Phi) is 4.36. The molecule has 0 spiro atoms. The van der Waals surface area contributed by atoms with Crippen LogP contribution < -0.4 is 16.2 Å². The Hall–Kier alpha value is -0.920. The number of piperidine rings is 1. The smallest absolute Gasteiger partial charge is 0.239 e. The average Bonchev–Trinajstić information content (AvgIpc) is 2.39. The zero-order valence-electron chi connectivity index (χ0n) is 10.3. The lowest BCUT2D eigenvalue weighted by Crippen LogP contribution is -2.37. The molecule has 0 saturated carbocycles. The van der Waals surface area contributed by atoms with Crippen molar-refractivity contribution in [1.82, 2.24) is 9.97 Å². The summed E-state index contributed by atoms with van der Waals surface area (Å²) in [6.45, 7) is 3.63. The van der Waals surface area contributed by atoms with Crippen molar-refractivity contribution in [3.63, 3.8) is 0 Å². The van der Waals surface area contributed by atoms with Crippen LogP contribution in [0.1, 0.15) is 19.8 Å². The fourth-order valence-corrected chi connectivity index (χ4v) is 2.68. The lowest BCUT2D eigenvalue weighted by atomic mass is 9.92. The molecule has 1 fully saturated rings. The van der Waals surface area contributed by atoms with E-state index >= 15 is 0 Å². The highest BCUT2D eigenvalue weighted by molar-refractivity contribution is 9.10. The second-order valence-corrected chi connectivity index (χ2v) is 5.43. The number of hydrazine groups is 1. The number of nitrogens with zero attached hydrogens (tertiary/aromatic N) is 3. The number of hydrogen-bond donors (Lipinski definition) is 3. The molecule has 18 heavy (non-hydrogen) atoms. The standard InChI is InChI=1S/C11H18BrN5O/c1-7(18)8-2-4-17(5-3-8)10-9(12)6-14-11(15-10)16-13/h6-8,18H,2-5,13H2,1H3,(H,14,15,16). The maximum absolute atomic E-state index is 9.59. The molecule has 2 rings (SSSR count). The summed E-state index contributed by atoms with van der Waals surface area (Å²) in [6.07, 6.45) is 3.40. The highest BCUT2D eigenvalue weighted by atomic mass is 79.9. The van der Waals surface area contributed by atoms with Crippen LogP contribution in [0.3, 0.4) is 0 Å². The van der Waals surface area contributed by atoms with E-state index in [0.717, 1.165) is 36.2 Å². The normalized spacial score (nSPS) is 18.8. The Bertz CT molecular complexity index is 406. The minimum atomic E-state index is -0.234.